The molecule has 0 saturated carbocycles. The van der Waals surface area contributed by atoms with Crippen LogP contribution in [0.1, 0.15) is 11.3 Å². The zero-order valence-corrected chi connectivity index (χ0v) is 8.45. The molecule has 6 heteroatoms. The average Bonchev–Trinajstić information content (AvgIpc) is 2.29. The lowest BCUT2D eigenvalue weighted by Crippen LogP contribution is -2.35. The second kappa shape index (κ2) is 5.49. The van der Waals surface area contributed by atoms with Gasteiger partial charge in [-0.15, -0.1) is 0 Å². The van der Waals surface area contributed by atoms with Crippen molar-refractivity contribution in [1.82, 2.24) is 10.3 Å². The predicted octanol–water partition coefficient (Wildman–Crippen LogP) is 0.670. The molecular weight excluding hydrogens is 216 g/mol. The molecule has 4 nitrogen and oxygen atoms in total. The Labute approximate surface area is 91.5 Å². The fourth-order valence-corrected chi connectivity index (χ4v) is 1.09. The Balaban J connectivity index is 2.46. The van der Waals surface area contributed by atoms with Crippen LogP contribution in [0.25, 0.3) is 0 Å². The second-order valence-corrected chi connectivity index (χ2v) is 3.28. The summed E-state index contributed by atoms with van der Waals surface area (Å²) in [5.74, 6) is -3.12. The summed E-state index contributed by atoms with van der Waals surface area (Å²) in [5.41, 5.74) is 0.938. The van der Waals surface area contributed by atoms with E-state index in [1.165, 1.54) is 12.3 Å². The molecule has 0 unspecified atom stereocenters. The van der Waals surface area contributed by atoms with Gasteiger partial charge in [-0.3, -0.25) is 0 Å². The zero-order valence-electron chi connectivity index (χ0n) is 8.45. The maximum absolute atomic E-state index is 12.6. The summed E-state index contributed by atoms with van der Waals surface area (Å²) >= 11 is 0. The second-order valence-electron chi connectivity index (χ2n) is 3.28. The average molecular weight is 227 g/mol. The van der Waals surface area contributed by atoms with Gasteiger partial charge in [-0.05, 0) is 17.7 Å². The molecule has 0 radical (unpaired) electrons. The summed E-state index contributed by atoms with van der Waals surface area (Å²) < 4.78 is 25.2. The first-order chi connectivity index (χ1) is 7.57. The Hall–Kier alpha value is -1.58. The molecule has 0 aliphatic rings. The van der Waals surface area contributed by atoms with Crippen LogP contribution < -0.4 is 5.32 Å². The van der Waals surface area contributed by atoms with Crippen molar-refractivity contribution in [2.75, 3.05) is 13.2 Å². The Morgan fingerprint density at radius 1 is 1.56 bits per heavy atom. The van der Waals surface area contributed by atoms with Gasteiger partial charge in [-0.2, -0.15) is 5.26 Å². The molecular formula is C10H11F2N3O. The van der Waals surface area contributed by atoms with Crippen molar-refractivity contribution in [3.8, 4) is 6.07 Å². The number of nitrogens with zero attached hydrogens (tertiary/aromatic N) is 2. The number of hydrogen-bond acceptors (Lipinski definition) is 4. The van der Waals surface area contributed by atoms with E-state index >= 15 is 0 Å². The van der Waals surface area contributed by atoms with E-state index in [1.807, 2.05) is 6.07 Å². The quantitative estimate of drug-likeness (QED) is 0.775. The SMILES string of the molecule is N#Cc1cc(CNCC(F)(F)CO)ccn1. The fourth-order valence-electron chi connectivity index (χ4n) is 1.09. The maximum atomic E-state index is 12.6. The van der Waals surface area contributed by atoms with Crippen LogP contribution in [0.4, 0.5) is 8.78 Å². The molecule has 16 heavy (non-hydrogen) atoms. The third kappa shape index (κ3) is 3.88. The van der Waals surface area contributed by atoms with Crippen LogP contribution in [0.5, 0.6) is 0 Å². The standard InChI is InChI=1S/C10H11F2N3O/c11-10(12,7-16)6-14-5-8-1-2-15-9(3-8)4-13/h1-3,14,16H,5-7H2. The van der Waals surface area contributed by atoms with Crippen molar-refractivity contribution in [2.45, 2.75) is 12.5 Å². The van der Waals surface area contributed by atoms with Crippen LogP contribution in [0.2, 0.25) is 0 Å². The molecule has 1 rings (SSSR count). The minimum absolute atomic E-state index is 0.201. The highest BCUT2D eigenvalue weighted by Gasteiger charge is 2.26. The highest BCUT2D eigenvalue weighted by molar-refractivity contribution is 5.25. The smallest absolute Gasteiger partial charge is 0.282 e. The number of hydrogen-bond donors (Lipinski definition) is 2. The van der Waals surface area contributed by atoms with Crippen LogP contribution >= 0.6 is 0 Å². The van der Waals surface area contributed by atoms with Gasteiger partial charge in [-0.25, -0.2) is 13.8 Å². The van der Waals surface area contributed by atoms with E-state index in [-0.39, 0.29) is 12.2 Å². The summed E-state index contributed by atoms with van der Waals surface area (Å²) in [6.45, 7) is -1.58. The van der Waals surface area contributed by atoms with E-state index in [9.17, 15) is 8.78 Å². The number of alkyl halides is 2. The Kier molecular flexibility index (Phi) is 4.28. The predicted molar refractivity (Wildman–Crippen MR) is 52.7 cm³/mol. The number of pyridine rings is 1. The third-order valence-electron chi connectivity index (χ3n) is 1.88. The van der Waals surface area contributed by atoms with Gasteiger partial charge in [0.25, 0.3) is 5.92 Å². The first-order valence-corrected chi connectivity index (χ1v) is 4.62. The number of halogens is 2. The Bertz CT molecular complexity index is 390. The molecule has 1 aromatic rings. The summed E-state index contributed by atoms with van der Waals surface area (Å²) in [7, 11) is 0. The Morgan fingerprint density at radius 3 is 2.94 bits per heavy atom. The van der Waals surface area contributed by atoms with Gasteiger partial charge in [0.2, 0.25) is 0 Å². The summed E-state index contributed by atoms with van der Waals surface area (Å²) in [5, 5.41) is 19.4. The molecule has 0 atom stereocenters. The van der Waals surface area contributed by atoms with E-state index in [4.69, 9.17) is 10.4 Å². The number of nitriles is 1. The lowest BCUT2D eigenvalue weighted by Gasteiger charge is -2.13. The van der Waals surface area contributed by atoms with Gasteiger partial charge >= 0.3 is 0 Å². The summed E-state index contributed by atoms with van der Waals surface area (Å²) in [6, 6.07) is 5.01. The first kappa shape index (κ1) is 12.5. The fraction of sp³-hybridized carbons (Fsp3) is 0.400. The molecule has 0 spiro atoms. The van der Waals surface area contributed by atoms with Crippen molar-refractivity contribution < 1.29 is 13.9 Å². The molecule has 1 heterocycles. The van der Waals surface area contributed by atoms with E-state index in [2.05, 4.69) is 10.3 Å². The lowest BCUT2D eigenvalue weighted by atomic mass is 10.2. The molecule has 86 valence electrons. The number of nitrogens with one attached hydrogen (secondary N) is 1. The zero-order chi connectivity index (χ0) is 12.0. The van der Waals surface area contributed by atoms with Gasteiger partial charge in [0, 0.05) is 12.7 Å². The van der Waals surface area contributed by atoms with Crippen LogP contribution in [0, 0.1) is 11.3 Å². The van der Waals surface area contributed by atoms with Crippen LogP contribution in [0.15, 0.2) is 18.3 Å². The van der Waals surface area contributed by atoms with E-state index < -0.39 is 19.1 Å². The van der Waals surface area contributed by atoms with Crippen LogP contribution in [-0.2, 0) is 6.54 Å². The molecule has 0 fully saturated rings. The largest absolute Gasteiger partial charge is 0.390 e. The molecule has 0 aromatic carbocycles. The number of aliphatic hydroxyl groups is 1. The van der Waals surface area contributed by atoms with E-state index in [0.717, 1.165) is 0 Å². The molecule has 0 aliphatic heterocycles. The number of rotatable bonds is 5. The molecule has 2 N–H and O–H groups in total. The van der Waals surface area contributed by atoms with Crippen molar-refractivity contribution in [3.63, 3.8) is 0 Å². The topological polar surface area (TPSA) is 68.9 Å². The molecule has 1 aromatic heterocycles. The Morgan fingerprint density at radius 2 is 2.31 bits per heavy atom. The highest BCUT2D eigenvalue weighted by Crippen LogP contribution is 2.10. The van der Waals surface area contributed by atoms with E-state index in [0.29, 0.717) is 5.56 Å². The lowest BCUT2D eigenvalue weighted by molar-refractivity contribution is -0.0477. The van der Waals surface area contributed by atoms with Gasteiger partial charge in [0.05, 0.1) is 6.54 Å². The van der Waals surface area contributed by atoms with Crippen molar-refractivity contribution in [1.29, 1.82) is 5.26 Å². The molecule has 0 amide bonds. The molecule has 0 bridgehead atoms. The van der Waals surface area contributed by atoms with Crippen molar-refractivity contribution >= 4 is 0 Å². The highest BCUT2D eigenvalue weighted by atomic mass is 19.3. The summed E-state index contributed by atoms with van der Waals surface area (Å²) in [6.07, 6.45) is 1.44. The monoisotopic (exact) mass is 227 g/mol. The molecule has 0 aliphatic carbocycles. The maximum Gasteiger partial charge on any atom is 0.282 e. The van der Waals surface area contributed by atoms with E-state index in [1.54, 1.807) is 6.07 Å². The third-order valence-corrected chi connectivity index (χ3v) is 1.88. The minimum atomic E-state index is -3.12. The number of aliphatic hydroxyl groups excluding tert-OH is 1. The number of aromatic nitrogens is 1. The summed E-state index contributed by atoms with van der Waals surface area (Å²) in [4.78, 5) is 3.75. The van der Waals surface area contributed by atoms with Gasteiger partial charge in [-0.1, -0.05) is 0 Å². The van der Waals surface area contributed by atoms with Crippen LogP contribution in [0.3, 0.4) is 0 Å². The first-order valence-electron chi connectivity index (χ1n) is 4.62. The minimum Gasteiger partial charge on any atom is -0.390 e. The van der Waals surface area contributed by atoms with Gasteiger partial charge in [0.1, 0.15) is 18.4 Å². The van der Waals surface area contributed by atoms with Gasteiger partial charge < -0.3 is 10.4 Å². The van der Waals surface area contributed by atoms with Crippen molar-refractivity contribution in [3.05, 3.63) is 29.6 Å². The van der Waals surface area contributed by atoms with Gasteiger partial charge in [0.15, 0.2) is 0 Å². The molecule has 0 saturated heterocycles. The van der Waals surface area contributed by atoms with Crippen molar-refractivity contribution in [2.24, 2.45) is 0 Å². The normalized spacial score (nSPS) is 11.1. The van der Waals surface area contributed by atoms with Crippen LogP contribution in [-0.4, -0.2) is 29.2 Å².